The average molecular weight is 281 g/mol. The van der Waals surface area contributed by atoms with E-state index in [0.29, 0.717) is 17.2 Å². The van der Waals surface area contributed by atoms with Crippen molar-refractivity contribution in [2.24, 2.45) is 5.92 Å². The van der Waals surface area contributed by atoms with E-state index in [1.54, 1.807) is 13.0 Å². The molecule has 1 aromatic carbocycles. The molecular weight excluding hydrogens is 261 g/mol. The van der Waals surface area contributed by atoms with Gasteiger partial charge in [-0.05, 0) is 50.9 Å². The standard InChI is InChI=1S/C14H20FN3O2/c1-10-7-13(14(18(19)20)8-12(10)15)17-5-3-11(4-6-17)9-16-2/h7-8,11,16H,3-6,9H2,1-2H3. The monoisotopic (exact) mass is 281 g/mol. The number of anilines is 1. The summed E-state index contributed by atoms with van der Waals surface area (Å²) < 4.78 is 13.5. The van der Waals surface area contributed by atoms with Crippen LogP contribution in [-0.2, 0) is 0 Å². The highest BCUT2D eigenvalue weighted by Gasteiger charge is 2.25. The summed E-state index contributed by atoms with van der Waals surface area (Å²) in [5, 5.41) is 14.3. The van der Waals surface area contributed by atoms with Gasteiger partial charge < -0.3 is 10.2 Å². The van der Waals surface area contributed by atoms with Gasteiger partial charge in [-0.2, -0.15) is 0 Å². The van der Waals surface area contributed by atoms with Crippen LogP contribution in [0.25, 0.3) is 0 Å². The second kappa shape index (κ2) is 6.17. The van der Waals surface area contributed by atoms with Gasteiger partial charge in [0.1, 0.15) is 11.5 Å². The molecule has 1 saturated heterocycles. The summed E-state index contributed by atoms with van der Waals surface area (Å²) in [6.07, 6.45) is 1.99. The first-order valence-corrected chi connectivity index (χ1v) is 6.87. The number of nitro benzene ring substituents is 1. The maximum atomic E-state index is 13.5. The van der Waals surface area contributed by atoms with Crippen LogP contribution in [0, 0.1) is 28.8 Å². The topological polar surface area (TPSA) is 58.4 Å². The Kier molecular flexibility index (Phi) is 4.54. The summed E-state index contributed by atoms with van der Waals surface area (Å²) in [4.78, 5) is 12.6. The number of hydrogen-bond acceptors (Lipinski definition) is 4. The van der Waals surface area contributed by atoms with Crippen molar-refractivity contribution in [2.45, 2.75) is 19.8 Å². The minimum absolute atomic E-state index is 0.139. The lowest BCUT2D eigenvalue weighted by atomic mass is 9.96. The first-order valence-electron chi connectivity index (χ1n) is 6.87. The van der Waals surface area contributed by atoms with Crippen LogP contribution in [0.15, 0.2) is 12.1 Å². The van der Waals surface area contributed by atoms with E-state index in [1.165, 1.54) is 0 Å². The van der Waals surface area contributed by atoms with E-state index in [-0.39, 0.29) is 5.69 Å². The van der Waals surface area contributed by atoms with Crippen LogP contribution in [0.2, 0.25) is 0 Å². The summed E-state index contributed by atoms with van der Waals surface area (Å²) >= 11 is 0. The Morgan fingerprint density at radius 2 is 2.10 bits per heavy atom. The van der Waals surface area contributed by atoms with Crippen LogP contribution in [0.4, 0.5) is 15.8 Å². The predicted molar refractivity (Wildman–Crippen MR) is 76.7 cm³/mol. The smallest absolute Gasteiger partial charge is 0.295 e. The van der Waals surface area contributed by atoms with Crippen molar-refractivity contribution in [3.05, 3.63) is 33.6 Å². The van der Waals surface area contributed by atoms with E-state index in [4.69, 9.17) is 0 Å². The summed E-state index contributed by atoms with van der Waals surface area (Å²) in [6, 6.07) is 2.62. The molecule has 20 heavy (non-hydrogen) atoms. The Morgan fingerprint density at radius 1 is 1.45 bits per heavy atom. The fourth-order valence-electron chi connectivity index (χ4n) is 2.72. The maximum absolute atomic E-state index is 13.5. The van der Waals surface area contributed by atoms with Crippen molar-refractivity contribution in [2.75, 3.05) is 31.6 Å². The van der Waals surface area contributed by atoms with Gasteiger partial charge in [0.15, 0.2) is 0 Å². The number of nitrogens with zero attached hydrogens (tertiary/aromatic N) is 2. The lowest BCUT2D eigenvalue weighted by Crippen LogP contribution is -2.37. The molecule has 1 heterocycles. The van der Waals surface area contributed by atoms with Crippen molar-refractivity contribution in [1.82, 2.24) is 5.32 Å². The molecule has 1 aliphatic rings. The van der Waals surface area contributed by atoms with Crippen molar-refractivity contribution >= 4 is 11.4 Å². The van der Waals surface area contributed by atoms with Gasteiger partial charge in [-0.25, -0.2) is 4.39 Å². The zero-order valence-electron chi connectivity index (χ0n) is 11.9. The van der Waals surface area contributed by atoms with Crippen LogP contribution in [0.1, 0.15) is 18.4 Å². The van der Waals surface area contributed by atoms with E-state index >= 15 is 0 Å². The minimum atomic E-state index is -0.523. The molecule has 1 fully saturated rings. The Bertz CT molecular complexity index is 499. The Hall–Kier alpha value is -1.69. The minimum Gasteiger partial charge on any atom is -0.366 e. The molecule has 0 unspecified atom stereocenters. The summed E-state index contributed by atoms with van der Waals surface area (Å²) in [7, 11) is 1.93. The van der Waals surface area contributed by atoms with Gasteiger partial charge in [-0.3, -0.25) is 10.1 Å². The van der Waals surface area contributed by atoms with Gasteiger partial charge >= 0.3 is 0 Å². The van der Waals surface area contributed by atoms with E-state index in [1.807, 2.05) is 11.9 Å². The molecule has 0 aliphatic carbocycles. The highest BCUT2D eigenvalue weighted by atomic mass is 19.1. The fraction of sp³-hybridized carbons (Fsp3) is 0.571. The van der Waals surface area contributed by atoms with Crippen molar-refractivity contribution in [3.63, 3.8) is 0 Å². The first kappa shape index (κ1) is 14.7. The van der Waals surface area contributed by atoms with Gasteiger partial charge in [-0.1, -0.05) is 0 Å². The van der Waals surface area contributed by atoms with E-state index in [0.717, 1.165) is 38.5 Å². The molecule has 5 nitrogen and oxygen atoms in total. The molecular formula is C14H20FN3O2. The normalized spacial score (nSPS) is 16.4. The molecule has 110 valence electrons. The second-order valence-electron chi connectivity index (χ2n) is 5.34. The molecule has 1 aromatic rings. The van der Waals surface area contributed by atoms with Gasteiger partial charge in [0, 0.05) is 13.1 Å². The molecule has 0 saturated carbocycles. The van der Waals surface area contributed by atoms with Crippen LogP contribution in [0.3, 0.4) is 0 Å². The molecule has 0 atom stereocenters. The Balaban J connectivity index is 2.21. The summed E-state index contributed by atoms with van der Waals surface area (Å²) in [5.41, 5.74) is 0.847. The van der Waals surface area contributed by atoms with Crippen LogP contribution < -0.4 is 10.2 Å². The van der Waals surface area contributed by atoms with Gasteiger partial charge in [-0.15, -0.1) is 0 Å². The third kappa shape index (κ3) is 3.07. The second-order valence-corrected chi connectivity index (χ2v) is 5.34. The highest BCUT2D eigenvalue weighted by molar-refractivity contribution is 5.65. The lowest BCUT2D eigenvalue weighted by Gasteiger charge is -2.33. The molecule has 0 bridgehead atoms. The average Bonchev–Trinajstić information content (AvgIpc) is 2.42. The van der Waals surface area contributed by atoms with Crippen LogP contribution in [-0.4, -0.2) is 31.6 Å². The zero-order chi connectivity index (χ0) is 14.7. The SMILES string of the molecule is CNCC1CCN(c2cc(C)c(F)cc2[N+](=O)[O-])CC1. The molecule has 1 N–H and O–H groups in total. The van der Waals surface area contributed by atoms with Crippen molar-refractivity contribution in [3.8, 4) is 0 Å². The molecule has 6 heteroatoms. The lowest BCUT2D eigenvalue weighted by molar-refractivity contribution is -0.384. The van der Waals surface area contributed by atoms with Crippen molar-refractivity contribution < 1.29 is 9.31 Å². The van der Waals surface area contributed by atoms with Crippen LogP contribution in [0.5, 0.6) is 0 Å². The maximum Gasteiger partial charge on any atom is 0.295 e. The number of piperidine rings is 1. The quantitative estimate of drug-likeness (QED) is 0.680. The fourth-order valence-corrected chi connectivity index (χ4v) is 2.72. The van der Waals surface area contributed by atoms with Gasteiger partial charge in [0.25, 0.3) is 5.69 Å². The van der Waals surface area contributed by atoms with E-state index in [2.05, 4.69) is 5.32 Å². The first-order chi connectivity index (χ1) is 9.52. The van der Waals surface area contributed by atoms with Crippen LogP contribution >= 0.6 is 0 Å². The van der Waals surface area contributed by atoms with Gasteiger partial charge in [0.2, 0.25) is 0 Å². The van der Waals surface area contributed by atoms with E-state index in [9.17, 15) is 14.5 Å². The molecule has 0 radical (unpaired) electrons. The number of hydrogen-bond donors (Lipinski definition) is 1. The number of nitro groups is 1. The third-order valence-electron chi connectivity index (χ3n) is 3.90. The highest BCUT2D eigenvalue weighted by Crippen LogP contribution is 2.33. The number of benzene rings is 1. The van der Waals surface area contributed by atoms with Crippen molar-refractivity contribution in [1.29, 1.82) is 0 Å². The number of rotatable bonds is 4. The molecule has 2 rings (SSSR count). The van der Waals surface area contributed by atoms with Gasteiger partial charge in [0.05, 0.1) is 11.0 Å². The predicted octanol–water partition coefficient (Wildman–Crippen LogP) is 2.48. The molecule has 0 spiro atoms. The summed E-state index contributed by atoms with van der Waals surface area (Å²) in [5.74, 6) is 0.0855. The largest absolute Gasteiger partial charge is 0.366 e. The Morgan fingerprint density at radius 3 is 2.65 bits per heavy atom. The Labute approximate surface area is 117 Å². The zero-order valence-corrected chi connectivity index (χ0v) is 11.9. The number of halogens is 1. The third-order valence-corrected chi connectivity index (χ3v) is 3.90. The molecule has 1 aliphatic heterocycles. The van der Waals surface area contributed by atoms with E-state index < -0.39 is 10.7 Å². The number of nitrogens with one attached hydrogen (secondary N) is 1. The number of aryl methyl sites for hydroxylation is 1. The molecule has 0 amide bonds. The molecule has 0 aromatic heterocycles. The summed E-state index contributed by atoms with van der Waals surface area (Å²) in [6.45, 7) is 4.16.